The maximum atomic E-state index is 5.21. The molecule has 1 aliphatic rings. The van der Waals surface area contributed by atoms with Crippen LogP contribution in [0, 0.1) is 4.77 Å². The Morgan fingerprint density at radius 1 is 1.77 bits per heavy atom. The van der Waals surface area contributed by atoms with E-state index in [2.05, 4.69) is 21.7 Å². The summed E-state index contributed by atoms with van der Waals surface area (Å²) in [5, 5.41) is 7.09. The van der Waals surface area contributed by atoms with Gasteiger partial charge in [0, 0.05) is 18.2 Å². The van der Waals surface area contributed by atoms with E-state index >= 15 is 0 Å². The molecule has 1 fully saturated rings. The molecule has 13 heavy (non-hydrogen) atoms. The molecule has 1 aromatic rings. The topological polar surface area (TPSA) is 33.6 Å². The highest BCUT2D eigenvalue weighted by Crippen LogP contribution is 2.28. The Morgan fingerprint density at radius 3 is 3.23 bits per heavy atom. The molecule has 2 rings (SSSR count). The third kappa shape index (κ3) is 1.67. The molecule has 0 aliphatic carbocycles. The van der Waals surface area contributed by atoms with Crippen molar-refractivity contribution in [3.05, 3.63) is 10.6 Å². The normalized spacial score (nSPS) is 22.4. The molecule has 1 N–H and O–H groups in total. The van der Waals surface area contributed by atoms with Crippen molar-refractivity contribution in [3.63, 3.8) is 0 Å². The molecule has 72 valence electrons. The third-order valence-corrected chi connectivity index (χ3v) is 3.80. The standard InChI is InChI=1S/C8H13N3S2/c1-2-7-9-10-8(12)11(7)6-3-4-13-5-6/h6H,2-5H2,1H3,(H,10,12). The second kappa shape index (κ2) is 3.84. The van der Waals surface area contributed by atoms with Crippen LogP contribution >= 0.6 is 24.0 Å². The molecule has 0 bridgehead atoms. The zero-order chi connectivity index (χ0) is 9.26. The molecule has 0 spiro atoms. The molecular weight excluding hydrogens is 202 g/mol. The van der Waals surface area contributed by atoms with Gasteiger partial charge in [0.05, 0.1) is 0 Å². The smallest absolute Gasteiger partial charge is 0.195 e. The molecule has 1 unspecified atom stereocenters. The maximum absolute atomic E-state index is 5.21. The van der Waals surface area contributed by atoms with Gasteiger partial charge in [0.25, 0.3) is 0 Å². The lowest BCUT2D eigenvalue weighted by atomic mass is 10.2. The first-order valence-electron chi connectivity index (χ1n) is 4.56. The first-order valence-corrected chi connectivity index (χ1v) is 6.12. The molecule has 1 aliphatic heterocycles. The molecular formula is C8H13N3S2. The van der Waals surface area contributed by atoms with E-state index in [4.69, 9.17) is 12.2 Å². The molecule has 0 saturated carbocycles. The number of nitrogens with zero attached hydrogens (tertiary/aromatic N) is 2. The van der Waals surface area contributed by atoms with Crippen molar-refractivity contribution in [2.45, 2.75) is 25.8 Å². The number of thioether (sulfide) groups is 1. The number of rotatable bonds is 2. The Morgan fingerprint density at radius 2 is 2.62 bits per heavy atom. The highest BCUT2D eigenvalue weighted by Gasteiger charge is 2.20. The highest BCUT2D eigenvalue weighted by atomic mass is 32.2. The van der Waals surface area contributed by atoms with E-state index in [0.29, 0.717) is 6.04 Å². The van der Waals surface area contributed by atoms with E-state index in [0.717, 1.165) is 17.0 Å². The van der Waals surface area contributed by atoms with Crippen LogP contribution in [0.5, 0.6) is 0 Å². The van der Waals surface area contributed by atoms with E-state index in [9.17, 15) is 0 Å². The molecule has 1 saturated heterocycles. The van der Waals surface area contributed by atoms with Gasteiger partial charge in [0.2, 0.25) is 0 Å². The van der Waals surface area contributed by atoms with Gasteiger partial charge in [-0.05, 0) is 24.4 Å². The summed E-state index contributed by atoms with van der Waals surface area (Å²) in [5.74, 6) is 3.53. The predicted molar refractivity (Wildman–Crippen MR) is 57.8 cm³/mol. The van der Waals surface area contributed by atoms with Crippen LogP contribution in [-0.2, 0) is 6.42 Å². The van der Waals surface area contributed by atoms with Crippen molar-refractivity contribution >= 4 is 24.0 Å². The van der Waals surface area contributed by atoms with Crippen molar-refractivity contribution in [3.8, 4) is 0 Å². The van der Waals surface area contributed by atoms with Crippen LogP contribution < -0.4 is 0 Å². The average molecular weight is 215 g/mol. The molecule has 1 aromatic heterocycles. The summed E-state index contributed by atoms with van der Waals surface area (Å²) in [5.41, 5.74) is 0. The van der Waals surface area contributed by atoms with Gasteiger partial charge in [-0.3, -0.25) is 5.10 Å². The van der Waals surface area contributed by atoms with Gasteiger partial charge < -0.3 is 4.57 Å². The lowest BCUT2D eigenvalue weighted by Gasteiger charge is -2.11. The predicted octanol–water partition coefficient (Wildman–Crippen LogP) is 2.18. The third-order valence-electron chi connectivity index (χ3n) is 2.36. The van der Waals surface area contributed by atoms with Crippen molar-refractivity contribution in [2.75, 3.05) is 11.5 Å². The number of aryl methyl sites for hydroxylation is 1. The van der Waals surface area contributed by atoms with Gasteiger partial charge in [-0.1, -0.05) is 6.92 Å². The first kappa shape index (κ1) is 9.27. The van der Waals surface area contributed by atoms with Gasteiger partial charge in [0.1, 0.15) is 5.82 Å². The van der Waals surface area contributed by atoms with Gasteiger partial charge >= 0.3 is 0 Å². The van der Waals surface area contributed by atoms with Crippen molar-refractivity contribution in [1.29, 1.82) is 0 Å². The minimum Gasteiger partial charge on any atom is -0.300 e. The quantitative estimate of drug-likeness (QED) is 0.768. The Balaban J connectivity index is 2.36. The van der Waals surface area contributed by atoms with Gasteiger partial charge in [-0.25, -0.2) is 0 Å². The maximum Gasteiger partial charge on any atom is 0.195 e. The summed E-state index contributed by atoms with van der Waals surface area (Å²) in [4.78, 5) is 0. The Labute approximate surface area is 86.9 Å². The number of H-pyrrole nitrogens is 1. The minimum atomic E-state index is 0.575. The summed E-state index contributed by atoms with van der Waals surface area (Å²) in [6, 6.07) is 0.575. The van der Waals surface area contributed by atoms with E-state index in [1.165, 1.54) is 17.9 Å². The SMILES string of the molecule is CCc1n[nH]c(=S)n1C1CCSC1. The minimum absolute atomic E-state index is 0.575. The fourth-order valence-corrected chi connectivity index (χ4v) is 3.18. The lowest BCUT2D eigenvalue weighted by molar-refractivity contribution is 0.531. The largest absolute Gasteiger partial charge is 0.300 e. The number of nitrogens with one attached hydrogen (secondary N) is 1. The van der Waals surface area contributed by atoms with Crippen LogP contribution in [0.1, 0.15) is 25.2 Å². The number of hydrogen-bond donors (Lipinski definition) is 1. The zero-order valence-electron chi connectivity index (χ0n) is 7.62. The van der Waals surface area contributed by atoms with Crippen molar-refractivity contribution < 1.29 is 0 Å². The summed E-state index contributed by atoms with van der Waals surface area (Å²) < 4.78 is 2.97. The van der Waals surface area contributed by atoms with E-state index in [1.54, 1.807) is 0 Å². The lowest BCUT2D eigenvalue weighted by Crippen LogP contribution is -2.11. The van der Waals surface area contributed by atoms with Crippen LogP contribution in [0.2, 0.25) is 0 Å². The molecule has 0 radical (unpaired) electrons. The van der Waals surface area contributed by atoms with Crippen LogP contribution in [0.3, 0.4) is 0 Å². The average Bonchev–Trinajstić information content (AvgIpc) is 2.72. The zero-order valence-corrected chi connectivity index (χ0v) is 9.25. The Hall–Kier alpha value is -0.290. The number of hydrogen-bond acceptors (Lipinski definition) is 3. The van der Waals surface area contributed by atoms with E-state index in [-0.39, 0.29) is 0 Å². The monoisotopic (exact) mass is 215 g/mol. The van der Waals surface area contributed by atoms with Crippen molar-refractivity contribution in [2.24, 2.45) is 0 Å². The van der Waals surface area contributed by atoms with Crippen LogP contribution in [-0.4, -0.2) is 26.3 Å². The fourth-order valence-electron chi connectivity index (χ4n) is 1.69. The van der Waals surface area contributed by atoms with Gasteiger partial charge in [0.15, 0.2) is 4.77 Å². The van der Waals surface area contributed by atoms with E-state index < -0.39 is 0 Å². The molecule has 0 amide bonds. The second-order valence-corrected chi connectivity index (χ2v) is 4.72. The van der Waals surface area contributed by atoms with E-state index in [1.807, 2.05) is 11.8 Å². The Kier molecular flexibility index (Phi) is 2.74. The van der Waals surface area contributed by atoms with Gasteiger partial charge in [-0.2, -0.15) is 16.9 Å². The first-order chi connectivity index (χ1) is 6.33. The van der Waals surface area contributed by atoms with Crippen LogP contribution in [0.4, 0.5) is 0 Å². The Bertz CT molecular complexity index is 335. The van der Waals surface area contributed by atoms with Crippen LogP contribution in [0.15, 0.2) is 0 Å². The molecule has 3 nitrogen and oxygen atoms in total. The summed E-state index contributed by atoms with van der Waals surface area (Å²) >= 11 is 7.21. The summed E-state index contributed by atoms with van der Waals surface area (Å²) in [6.45, 7) is 2.11. The van der Waals surface area contributed by atoms with Crippen LogP contribution in [0.25, 0.3) is 0 Å². The summed E-state index contributed by atoms with van der Waals surface area (Å²) in [6.07, 6.45) is 2.18. The fraction of sp³-hybridized carbons (Fsp3) is 0.750. The van der Waals surface area contributed by atoms with Gasteiger partial charge in [-0.15, -0.1) is 0 Å². The second-order valence-electron chi connectivity index (χ2n) is 3.19. The highest BCUT2D eigenvalue weighted by molar-refractivity contribution is 7.99. The number of aromatic amines is 1. The molecule has 0 aromatic carbocycles. The molecule has 5 heteroatoms. The summed E-state index contributed by atoms with van der Waals surface area (Å²) in [7, 11) is 0. The van der Waals surface area contributed by atoms with Crippen molar-refractivity contribution in [1.82, 2.24) is 14.8 Å². The molecule has 1 atom stereocenters. The number of aromatic nitrogens is 3. The molecule has 2 heterocycles.